The Morgan fingerprint density at radius 3 is 2.74 bits per heavy atom. The number of amides is 2. The molecular weight excluding hydrogens is 316 g/mol. The van der Waals surface area contributed by atoms with Crippen molar-refractivity contribution in [2.75, 3.05) is 18.4 Å². The Morgan fingerprint density at radius 2 is 2.09 bits per heavy atom. The molecule has 0 spiro atoms. The van der Waals surface area contributed by atoms with Crippen LogP contribution in [-0.4, -0.2) is 39.8 Å². The second kappa shape index (κ2) is 6.34. The van der Waals surface area contributed by atoms with Crippen LogP contribution in [0.25, 0.3) is 0 Å². The van der Waals surface area contributed by atoms with E-state index < -0.39 is 0 Å². The van der Waals surface area contributed by atoms with Crippen molar-refractivity contribution in [2.45, 2.75) is 6.92 Å². The summed E-state index contributed by atoms with van der Waals surface area (Å²) in [5.74, 6) is -0.552. The van der Waals surface area contributed by atoms with Crippen molar-refractivity contribution in [3.63, 3.8) is 0 Å². The highest BCUT2D eigenvalue weighted by Gasteiger charge is 2.36. The zero-order valence-corrected chi connectivity index (χ0v) is 13.2. The number of aryl methyl sites for hydroxylation is 1. The van der Waals surface area contributed by atoms with Crippen LogP contribution in [0.1, 0.15) is 16.1 Å². The number of carbonyl (C=O) groups is 2. The molecule has 0 aliphatic carbocycles. The average molecular weight is 331 g/mol. The Balaban J connectivity index is 1.55. The van der Waals surface area contributed by atoms with E-state index in [4.69, 9.17) is 11.6 Å². The lowest BCUT2D eigenvalue weighted by atomic mass is 9.98. The molecule has 118 valence electrons. The molecule has 0 saturated carbocycles. The van der Waals surface area contributed by atoms with Gasteiger partial charge in [-0.2, -0.15) is 0 Å². The second-order valence-electron chi connectivity index (χ2n) is 5.45. The van der Waals surface area contributed by atoms with Crippen molar-refractivity contribution in [1.29, 1.82) is 0 Å². The van der Waals surface area contributed by atoms with Gasteiger partial charge in [0, 0.05) is 36.2 Å². The Bertz CT molecular complexity index is 745. The van der Waals surface area contributed by atoms with Crippen LogP contribution in [0.4, 0.5) is 5.69 Å². The highest BCUT2D eigenvalue weighted by Crippen LogP contribution is 2.23. The zero-order valence-electron chi connectivity index (χ0n) is 12.5. The summed E-state index contributed by atoms with van der Waals surface area (Å²) in [5, 5.41) is 3.43. The first-order chi connectivity index (χ1) is 11.0. The predicted molar refractivity (Wildman–Crippen MR) is 86.2 cm³/mol. The van der Waals surface area contributed by atoms with E-state index in [1.807, 2.05) is 13.0 Å². The molecule has 2 heterocycles. The molecule has 1 N–H and O–H groups in total. The number of hydrogen-bond donors (Lipinski definition) is 1. The third-order valence-corrected chi connectivity index (χ3v) is 4.17. The van der Waals surface area contributed by atoms with Crippen molar-refractivity contribution >= 4 is 29.1 Å². The fourth-order valence-electron chi connectivity index (χ4n) is 2.30. The topological polar surface area (TPSA) is 75.2 Å². The fourth-order valence-corrected chi connectivity index (χ4v) is 2.48. The van der Waals surface area contributed by atoms with Gasteiger partial charge in [0.25, 0.3) is 5.91 Å². The summed E-state index contributed by atoms with van der Waals surface area (Å²) in [6.45, 7) is 2.65. The van der Waals surface area contributed by atoms with Gasteiger partial charge >= 0.3 is 0 Å². The number of benzene rings is 1. The number of anilines is 1. The largest absolute Gasteiger partial charge is 0.336 e. The van der Waals surface area contributed by atoms with Gasteiger partial charge in [-0.05, 0) is 24.6 Å². The van der Waals surface area contributed by atoms with Crippen molar-refractivity contribution in [1.82, 2.24) is 14.9 Å². The van der Waals surface area contributed by atoms with Gasteiger partial charge in [-0.25, -0.2) is 4.98 Å². The maximum atomic E-state index is 12.2. The van der Waals surface area contributed by atoms with Crippen LogP contribution in [0.5, 0.6) is 0 Å². The molecule has 1 fully saturated rings. The minimum atomic E-state index is -0.226. The van der Waals surface area contributed by atoms with Crippen molar-refractivity contribution in [3.05, 3.63) is 53.1 Å². The third-order valence-electron chi connectivity index (χ3n) is 3.76. The molecule has 2 amide bonds. The number of nitrogens with one attached hydrogen (secondary N) is 1. The van der Waals surface area contributed by atoms with Crippen LogP contribution in [-0.2, 0) is 4.79 Å². The zero-order chi connectivity index (χ0) is 16.4. The standard InChI is InChI=1S/C16H15ClN4O2/c1-10-2-3-12(6-13(10)17)20-15(22)11-8-21(9-11)16(23)14-7-18-4-5-19-14/h2-7,11H,8-9H2,1H3,(H,20,22). The number of rotatable bonds is 3. The van der Waals surface area contributed by atoms with Gasteiger partial charge in [-0.1, -0.05) is 17.7 Å². The Labute approximate surface area is 138 Å². The maximum absolute atomic E-state index is 12.2. The SMILES string of the molecule is Cc1ccc(NC(=O)C2CN(C(=O)c3cnccn3)C2)cc1Cl. The van der Waals surface area contributed by atoms with Gasteiger partial charge in [0.05, 0.1) is 12.1 Å². The Morgan fingerprint density at radius 1 is 1.30 bits per heavy atom. The van der Waals surface area contributed by atoms with Crippen LogP contribution in [0.3, 0.4) is 0 Å². The molecule has 0 unspecified atom stereocenters. The summed E-state index contributed by atoms with van der Waals surface area (Å²) in [6.07, 6.45) is 4.40. The number of halogens is 1. The summed E-state index contributed by atoms with van der Waals surface area (Å²) in [6, 6.07) is 5.37. The van der Waals surface area contributed by atoms with Crippen LogP contribution in [0, 0.1) is 12.8 Å². The number of carbonyl (C=O) groups excluding carboxylic acids is 2. The molecule has 0 radical (unpaired) electrons. The van der Waals surface area contributed by atoms with Gasteiger partial charge in [0.2, 0.25) is 5.91 Å². The van der Waals surface area contributed by atoms with Gasteiger partial charge < -0.3 is 10.2 Å². The van der Waals surface area contributed by atoms with Gasteiger partial charge in [0.1, 0.15) is 5.69 Å². The van der Waals surface area contributed by atoms with Crippen LogP contribution in [0.2, 0.25) is 5.02 Å². The molecule has 3 rings (SSSR count). The van der Waals surface area contributed by atoms with E-state index in [1.54, 1.807) is 17.0 Å². The maximum Gasteiger partial charge on any atom is 0.274 e. The summed E-state index contributed by atoms with van der Waals surface area (Å²) in [7, 11) is 0. The van der Waals surface area contributed by atoms with E-state index >= 15 is 0 Å². The minimum absolute atomic E-state index is 0.117. The first-order valence-corrected chi connectivity index (χ1v) is 7.54. The molecule has 1 aliphatic heterocycles. The summed E-state index contributed by atoms with van der Waals surface area (Å²) in [5.41, 5.74) is 1.90. The first-order valence-electron chi connectivity index (χ1n) is 7.17. The lowest BCUT2D eigenvalue weighted by molar-refractivity contribution is -0.123. The molecule has 1 aromatic heterocycles. The molecule has 0 bridgehead atoms. The highest BCUT2D eigenvalue weighted by molar-refractivity contribution is 6.31. The second-order valence-corrected chi connectivity index (χ2v) is 5.86. The van der Waals surface area contributed by atoms with Gasteiger partial charge in [0.15, 0.2) is 0 Å². The van der Waals surface area contributed by atoms with E-state index in [-0.39, 0.29) is 23.4 Å². The molecule has 2 aromatic rings. The lowest BCUT2D eigenvalue weighted by Gasteiger charge is -2.37. The van der Waals surface area contributed by atoms with E-state index in [2.05, 4.69) is 15.3 Å². The molecule has 1 saturated heterocycles. The summed E-state index contributed by atoms with van der Waals surface area (Å²) < 4.78 is 0. The van der Waals surface area contributed by atoms with Gasteiger partial charge in [-0.15, -0.1) is 0 Å². The molecule has 23 heavy (non-hydrogen) atoms. The molecule has 7 heteroatoms. The summed E-state index contributed by atoms with van der Waals surface area (Å²) in [4.78, 5) is 33.7. The number of nitrogens with zero attached hydrogens (tertiary/aromatic N) is 3. The lowest BCUT2D eigenvalue weighted by Crippen LogP contribution is -2.54. The smallest absolute Gasteiger partial charge is 0.274 e. The van der Waals surface area contributed by atoms with Gasteiger partial charge in [-0.3, -0.25) is 14.6 Å². The molecule has 0 atom stereocenters. The third kappa shape index (κ3) is 3.32. The van der Waals surface area contributed by atoms with E-state index in [0.717, 1.165) is 5.56 Å². The molecule has 1 aliphatic rings. The van der Waals surface area contributed by atoms with Crippen molar-refractivity contribution in [2.24, 2.45) is 5.92 Å². The Hall–Kier alpha value is -2.47. The molecule has 6 nitrogen and oxygen atoms in total. The predicted octanol–water partition coefficient (Wildman–Crippen LogP) is 2.15. The molecular formula is C16H15ClN4O2. The number of aromatic nitrogens is 2. The van der Waals surface area contributed by atoms with E-state index in [9.17, 15) is 9.59 Å². The Kier molecular flexibility index (Phi) is 4.25. The average Bonchev–Trinajstić information content (AvgIpc) is 2.50. The quantitative estimate of drug-likeness (QED) is 0.935. The molecule has 1 aromatic carbocycles. The monoisotopic (exact) mass is 330 g/mol. The van der Waals surface area contributed by atoms with E-state index in [0.29, 0.717) is 23.8 Å². The summed E-state index contributed by atoms with van der Waals surface area (Å²) >= 11 is 6.04. The first kappa shape index (κ1) is 15.4. The van der Waals surface area contributed by atoms with E-state index in [1.165, 1.54) is 18.6 Å². The number of likely N-dealkylation sites (tertiary alicyclic amines) is 1. The van der Waals surface area contributed by atoms with Crippen LogP contribution >= 0.6 is 11.6 Å². The van der Waals surface area contributed by atoms with Crippen LogP contribution < -0.4 is 5.32 Å². The minimum Gasteiger partial charge on any atom is -0.336 e. The highest BCUT2D eigenvalue weighted by atomic mass is 35.5. The van der Waals surface area contributed by atoms with Crippen molar-refractivity contribution in [3.8, 4) is 0 Å². The van der Waals surface area contributed by atoms with Crippen LogP contribution in [0.15, 0.2) is 36.8 Å². The number of hydrogen-bond acceptors (Lipinski definition) is 4. The normalized spacial score (nSPS) is 14.3. The van der Waals surface area contributed by atoms with Crippen molar-refractivity contribution < 1.29 is 9.59 Å². The fraction of sp³-hybridized carbons (Fsp3) is 0.250.